The van der Waals surface area contributed by atoms with Crippen molar-refractivity contribution >= 4 is 17.5 Å². The van der Waals surface area contributed by atoms with Gasteiger partial charge in [0, 0.05) is 23.7 Å². The van der Waals surface area contributed by atoms with Gasteiger partial charge in [0.05, 0.1) is 0 Å². The van der Waals surface area contributed by atoms with E-state index >= 15 is 0 Å². The van der Waals surface area contributed by atoms with E-state index < -0.39 is 0 Å². The molecule has 25 heavy (non-hydrogen) atoms. The molecule has 1 aliphatic carbocycles. The zero-order valence-corrected chi connectivity index (χ0v) is 14.9. The maximum atomic E-state index is 12.3. The first-order chi connectivity index (χ1) is 12.2. The molecule has 5 nitrogen and oxygen atoms in total. The second kappa shape index (κ2) is 8.99. The van der Waals surface area contributed by atoms with Gasteiger partial charge in [-0.3, -0.25) is 9.59 Å². The molecule has 1 aromatic rings. The molecule has 1 saturated carbocycles. The second-order valence-corrected chi connectivity index (χ2v) is 7.33. The summed E-state index contributed by atoms with van der Waals surface area (Å²) in [6.45, 7) is 2.09. The molecule has 1 heterocycles. The summed E-state index contributed by atoms with van der Waals surface area (Å²) in [7, 11) is 0. The molecule has 136 valence electrons. The molecule has 0 aromatic heterocycles. The Hall–Kier alpha value is -1.88. The molecule has 2 amide bonds. The third-order valence-electron chi connectivity index (χ3n) is 5.31. The van der Waals surface area contributed by atoms with Crippen molar-refractivity contribution < 1.29 is 9.59 Å². The Morgan fingerprint density at radius 1 is 1.04 bits per heavy atom. The van der Waals surface area contributed by atoms with Crippen LogP contribution in [0.4, 0.5) is 5.69 Å². The maximum absolute atomic E-state index is 12.3. The van der Waals surface area contributed by atoms with Crippen LogP contribution in [0.5, 0.6) is 0 Å². The summed E-state index contributed by atoms with van der Waals surface area (Å²) in [5.41, 5.74) is 1.41. The van der Waals surface area contributed by atoms with Gasteiger partial charge in [-0.05, 0) is 69.0 Å². The molecule has 1 saturated heterocycles. The first kappa shape index (κ1) is 17.9. The molecule has 1 aliphatic heterocycles. The SMILES string of the molecule is O=C(CCC1CCNC1)Nc1ccc(C(=O)NC2CCCCC2)cc1. The third-order valence-corrected chi connectivity index (χ3v) is 5.31. The molecule has 0 bridgehead atoms. The highest BCUT2D eigenvalue weighted by atomic mass is 16.2. The Bertz CT molecular complexity index is 573. The quantitative estimate of drug-likeness (QED) is 0.743. The first-order valence-corrected chi connectivity index (χ1v) is 9.62. The van der Waals surface area contributed by atoms with Crippen molar-refractivity contribution in [2.45, 2.75) is 57.4 Å². The number of hydrogen-bond donors (Lipinski definition) is 3. The predicted octanol–water partition coefficient (Wildman–Crippen LogP) is 3.08. The highest BCUT2D eigenvalue weighted by Crippen LogP contribution is 2.19. The van der Waals surface area contributed by atoms with E-state index in [1.807, 2.05) is 12.1 Å². The van der Waals surface area contributed by atoms with Crippen LogP contribution in [0.3, 0.4) is 0 Å². The van der Waals surface area contributed by atoms with E-state index in [0.717, 1.165) is 44.5 Å². The van der Waals surface area contributed by atoms with Crippen molar-refractivity contribution in [2.75, 3.05) is 18.4 Å². The number of rotatable bonds is 6. The lowest BCUT2D eigenvalue weighted by Gasteiger charge is -2.22. The van der Waals surface area contributed by atoms with E-state index in [1.165, 1.54) is 19.3 Å². The zero-order valence-electron chi connectivity index (χ0n) is 14.9. The van der Waals surface area contributed by atoms with E-state index in [2.05, 4.69) is 16.0 Å². The van der Waals surface area contributed by atoms with Crippen LogP contribution >= 0.6 is 0 Å². The number of anilines is 1. The molecule has 5 heteroatoms. The minimum absolute atomic E-state index is 0.0153. The molecule has 3 rings (SSSR count). The van der Waals surface area contributed by atoms with Gasteiger partial charge in [-0.15, -0.1) is 0 Å². The molecule has 2 aliphatic rings. The molecule has 3 N–H and O–H groups in total. The fraction of sp³-hybridized carbons (Fsp3) is 0.600. The predicted molar refractivity (Wildman–Crippen MR) is 99.6 cm³/mol. The lowest BCUT2D eigenvalue weighted by atomic mass is 9.95. The highest BCUT2D eigenvalue weighted by molar-refractivity contribution is 5.96. The fourth-order valence-corrected chi connectivity index (χ4v) is 3.74. The second-order valence-electron chi connectivity index (χ2n) is 7.33. The summed E-state index contributed by atoms with van der Waals surface area (Å²) in [4.78, 5) is 24.3. The normalized spacial score (nSPS) is 21.0. The largest absolute Gasteiger partial charge is 0.349 e. The smallest absolute Gasteiger partial charge is 0.251 e. The van der Waals surface area contributed by atoms with Crippen LogP contribution in [-0.4, -0.2) is 30.9 Å². The number of carbonyl (C=O) groups excluding carboxylic acids is 2. The standard InChI is InChI=1S/C20H29N3O2/c24-19(11-6-15-12-13-21-14-15)22-18-9-7-16(8-10-18)20(25)23-17-4-2-1-3-5-17/h7-10,15,17,21H,1-6,11-14H2,(H,22,24)(H,23,25). The molecular formula is C20H29N3O2. The molecule has 1 unspecified atom stereocenters. The minimum atomic E-state index is -0.0153. The number of amides is 2. The van der Waals surface area contributed by atoms with Gasteiger partial charge in [-0.25, -0.2) is 0 Å². The van der Waals surface area contributed by atoms with E-state index in [1.54, 1.807) is 12.1 Å². The molecular weight excluding hydrogens is 314 g/mol. The van der Waals surface area contributed by atoms with E-state index in [0.29, 0.717) is 23.9 Å². The monoisotopic (exact) mass is 343 g/mol. The molecule has 1 atom stereocenters. The van der Waals surface area contributed by atoms with Crippen molar-refractivity contribution in [2.24, 2.45) is 5.92 Å². The molecule has 0 radical (unpaired) electrons. The van der Waals surface area contributed by atoms with Crippen LogP contribution in [0.1, 0.15) is 61.7 Å². The molecule has 2 fully saturated rings. The summed E-state index contributed by atoms with van der Waals surface area (Å²) >= 11 is 0. The molecule has 1 aromatic carbocycles. The number of benzene rings is 1. The molecule has 0 spiro atoms. The van der Waals surface area contributed by atoms with Crippen molar-refractivity contribution in [3.63, 3.8) is 0 Å². The van der Waals surface area contributed by atoms with E-state index in [9.17, 15) is 9.59 Å². The van der Waals surface area contributed by atoms with Crippen LogP contribution in [0.25, 0.3) is 0 Å². The van der Waals surface area contributed by atoms with Gasteiger partial charge < -0.3 is 16.0 Å². The van der Waals surface area contributed by atoms with Crippen LogP contribution in [0.15, 0.2) is 24.3 Å². The topological polar surface area (TPSA) is 70.2 Å². The van der Waals surface area contributed by atoms with Gasteiger partial charge in [0.25, 0.3) is 5.91 Å². The summed E-state index contributed by atoms with van der Waals surface area (Å²) in [6, 6.07) is 7.50. The van der Waals surface area contributed by atoms with Crippen molar-refractivity contribution in [3.8, 4) is 0 Å². The third kappa shape index (κ3) is 5.56. The van der Waals surface area contributed by atoms with Crippen molar-refractivity contribution in [1.29, 1.82) is 0 Å². The van der Waals surface area contributed by atoms with Gasteiger partial charge >= 0.3 is 0 Å². The zero-order chi connectivity index (χ0) is 17.5. The average molecular weight is 343 g/mol. The Balaban J connectivity index is 1.44. The highest BCUT2D eigenvalue weighted by Gasteiger charge is 2.17. The lowest BCUT2D eigenvalue weighted by molar-refractivity contribution is -0.116. The van der Waals surface area contributed by atoms with Crippen LogP contribution in [0.2, 0.25) is 0 Å². The lowest BCUT2D eigenvalue weighted by Crippen LogP contribution is -2.36. The number of hydrogen-bond acceptors (Lipinski definition) is 3. The van der Waals surface area contributed by atoms with Crippen molar-refractivity contribution in [3.05, 3.63) is 29.8 Å². The summed E-state index contributed by atoms with van der Waals surface area (Å²) < 4.78 is 0. The Labute approximate surface area is 150 Å². The van der Waals surface area contributed by atoms with Crippen molar-refractivity contribution in [1.82, 2.24) is 10.6 Å². The summed E-state index contributed by atoms with van der Waals surface area (Å²) in [5, 5.41) is 9.36. The fourth-order valence-electron chi connectivity index (χ4n) is 3.74. The van der Waals surface area contributed by atoms with Gasteiger partial charge in [0.2, 0.25) is 5.91 Å². The minimum Gasteiger partial charge on any atom is -0.349 e. The van der Waals surface area contributed by atoms with Crippen LogP contribution < -0.4 is 16.0 Å². The van der Waals surface area contributed by atoms with E-state index in [-0.39, 0.29) is 11.8 Å². The Morgan fingerprint density at radius 3 is 2.48 bits per heavy atom. The van der Waals surface area contributed by atoms with Crippen LogP contribution in [0, 0.1) is 5.92 Å². The van der Waals surface area contributed by atoms with Gasteiger partial charge in [-0.2, -0.15) is 0 Å². The summed E-state index contributed by atoms with van der Waals surface area (Å²) in [5.74, 6) is 0.654. The number of nitrogens with one attached hydrogen (secondary N) is 3. The maximum Gasteiger partial charge on any atom is 0.251 e. The first-order valence-electron chi connectivity index (χ1n) is 9.62. The Kier molecular flexibility index (Phi) is 6.45. The average Bonchev–Trinajstić information content (AvgIpc) is 3.15. The van der Waals surface area contributed by atoms with Crippen LogP contribution in [-0.2, 0) is 4.79 Å². The van der Waals surface area contributed by atoms with E-state index in [4.69, 9.17) is 0 Å². The Morgan fingerprint density at radius 2 is 1.80 bits per heavy atom. The van der Waals surface area contributed by atoms with Gasteiger partial charge in [-0.1, -0.05) is 19.3 Å². The number of carbonyl (C=O) groups is 2. The van der Waals surface area contributed by atoms with Gasteiger partial charge in [0.1, 0.15) is 0 Å². The van der Waals surface area contributed by atoms with Gasteiger partial charge in [0.15, 0.2) is 0 Å². The summed E-state index contributed by atoms with van der Waals surface area (Å²) in [6.07, 6.45) is 8.49.